The molecule has 0 spiro atoms. The van der Waals surface area contributed by atoms with Gasteiger partial charge in [-0.25, -0.2) is 9.18 Å². The fourth-order valence-electron chi connectivity index (χ4n) is 2.34. The van der Waals surface area contributed by atoms with Gasteiger partial charge in [-0.1, -0.05) is 6.07 Å². The zero-order valence-electron chi connectivity index (χ0n) is 10.1. The lowest BCUT2D eigenvalue weighted by molar-refractivity contribution is 0.0687. The summed E-state index contributed by atoms with van der Waals surface area (Å²) in [7, 11) is 1.65. The average Bonchev–Trinajstić information content (AvgIpc) is 2.93. The van der Waals surface area contributed by atoms with Gasteiger partial charge < -0.3 is 14.7 Å². The Morgan fingerprint density at radius 1 is 1.32 bits per heavy atom. The number of fused-ring (bicyclic) bond motifs is 1. The molecule has 4 nitrogen and oxygen atoms in total. The Kier molecular flexibility index (Phi) is 2.41. The second-order valence-corrected chi connectivity index (χ2v) is 4.33. The number of carboxylic acid groups (broad SMARTS) is 1. The second-order valence-electron chi connectivity index (χ2n) is 4.33. The van der Waals surface area contributed by atoms with Crippen molar-refractivity contribution in [3.63, 3.8) is 0 Å². The molecule has 0 saturated carbocycles. The molecule has 0 amide bonds. The van der Waals surface area contributed by atoms with Crippen molar-refractivity contribution in [3.05, 3.63) is 48.0 Å². The Hall–Kier alpha value is -2.56. The van der Waals surface area contributed by atoms with Crippen LogP contribution in [-0.2, 0) is 7.05 Å². The van der Waals surface area contributed by atoms with E-state index in [-0.39, 0.29) is 11.5 Å². The summed E-state index contributed by atoms with van der Waals surface area (Å²) in [5.74, 6) is -1.33. The average molecular weight is 258 g/mol. The molecule has 0 aliphatic rings. The molecule has 2 heterocycles. The second kappa shape index (κ2) is 3.98. The first-order valence-electron chi connectivity index (χ1n) is 5.74. The van der Waals surface area contributed by atoms with Gasteiger partial charge in [-0.2, -0.15) is 0 Å². The van der Waals surface area contributed by atoms with E-state index in [1.54, 1.807) is 31.4 Å². The summed E-state index contributed by atoms with van der Waals surface area (Å²) in [4.78, 5) is 14.0. The molecule has 3 rings (SSSR count). The maximum absolute atomic E-state index is 13.9. The number of rotatable bonds is 2. The van der Waals surface area contributed by atoms with Gasteiger partial charge in [0.2, 0.25) is 0 Å². The number of aromatic amines is 1. The van der Waals surface area contributed by atoms with Crippen molar-refractivity contribution in [1.29, 1.82) is 0 Å². The zero-order valence-corrected chi connectivity index (χ0v) is 10.1. The molecule has 0 unspecified atom stereocenters. The number of carbonyl (C=O) groups is 1. The van der Waals surface area contributed by atoms with Gasteiger partial charge in [0, 0.05) is 29.7 Å². The summed E-state index contributed by atoms with van der Waals surface area (Å²) in [6, 6.07) is 7.99. The van der Waals surface area contributed by atoms with Crippen LogP contribution in [0.5, 0.6) is 0 Å². The first kappa shape index (κ1) is 11.5. The predicted molar refractivity (Wildman–Crippen MR) is 69.6 cm³/mol. The number of nitrogens with one attached hydrogen (secondary N) is 1. The van der Waals surface area contributed by atoms with Crippen LogP contribution in [-0.4, -0.2) is 20.6 Å². The predicted octanol–water partition coefficient (Wildman–Crippen LogP) is 3.01. The number of H-pyrrole nitrogens is 1. The number of aromatic carboxylic acids is 1. The van der Waals surface area contributed by atoms with E-state index in [0.717, 1.165) is 0 Å². The van der Waals surface area contributed by atoms with E-state index in [1.165, 1.54) is 16.7 Å². The molecular weight excluding hydrogens is 247 g/mol. The quantitative estimate of drug-likeness (QED) is 0.742. The van der Waals surface area contributed by atoms with Gasteiger partial charge in [0.05, 0.1) is 5.69 Å². The molecule has 5 heteroatoms. The summed E-state index contributed by atoms with van der Waals surface area (Å²) >= 11 is 0. The van der Waals surface area contributed by atoms with Crippen molar-refractivity contribution in [2.45, 2.75) is 0 Å². The van der Waals surface area contributed by atoms with Crippen molar-refractivity contribution >= 4 is 16.9 Å². The van der Waals surface area contributed by atoms with E-state index in [9.17, 15) is 9.18 Å². The van der Waals surface area contributed by atoms with Crippen molar-refractivity contribution < 1.29 is 14.3 Å². The largest absolute Gasteiger partial charge is 0.477 e. The molecule has 3 aromatic rings. The van der Waals surface area contributed by atoms with E-state index < -0.39 is 5.97 Å². The maximum atomic E-state index is 13.9. The SMILES string of the molecule is Cn1c(C(=O)O)ccc1-c1c[nH]c2cccc(F)c12. The van der Waals surface area contributed by atoms with Crippen LogP contribution in [0.25, 0.3) is 22.2 Å². The summed E-state index contributed by atoms with van der Waals surface area (Å²) in [6.07, 6.45) is 1.69. The summed E-state index contributed by atoms with van der Waals surface area (Å²) in [6.45, 7) is 0. The highest BCUT2D eigenvalue weighted by Crippen LogP contribution is 2.31. The van der Waals surface area contributed by atoms with E-state index >= 15 is 0 Å². The van der Waals surface area contributed by atoms with Crippen LogP contribution < -0.4 is 0 Å². The van der Waals surface area contributed by atoms with Gasteiger partial charge in [0.15, 0.2) is 0 Å². The Balaban J connectivity index is 2.28. The highest BCUT2D eigenvalue weighted by Gasteiger charge is 2.16. The number of benzene rings is 1. The molecule has 0 bridgehead atoms. The van der Waals surface area contributed by atoms with Crippen LogP contribution in [0.1, 0.15) is 10.5 Å². The Bertz CT molecular complexity index is 786. The van der Waals surface area contributed by atoms with E-state index in [4.69, 9.17) is 5.11 Å². The zero-order chi connectivity index (χ0) is 13.6. The minimum atomic E-state index is -1.01. The van der Waals surface area contributed by atoms with E-state index in [0.29, 0.717) is 22.2 Å². The third-order valence-corrected chi connectivity index (χ3v) is 3.27. The van der Waals surface area contributed by atoms with Gasteiger partial charge >= 0.3 is 5.97 Å². The van der Waals surface area contributed by atoms with Crippen molar-refractivity contribution in [2.24, 2.45) is 7.05 Å². The van der Waals surface area contributed by atoms with Gasteiger partial charge in [0.25, 0.3) is 0 Å². The molecule has 0 radical (unpaired) electrons. The lowest BCUT2D eigenvalue weighted by Crippen LogP contribution is -2.04. The Morgan fingerprint density at radius 2 is 2.11 bits per heavy atom. The molecule has 2 N–H and O–H groups in total. The number of hydrogen-bond acceptors (Lipinski definition) is 1. The molecule has 0 fully saturated rings. The highest BCUT2D eigenvalue weighted by atomic mass is 19.1. The van der Waals surface area contributed by atoms with Crippen molar-refractivity contribution in [2.75, 3.05) is 0 Å². The monoisotopic (exact) mass is 258 g/mol. The minimum Gasteiger partial charge on any atom is -0.477 e. The first-order chi connectivity index (χ1) is 9.09. The van der Waals surface area contributed by atoms with Crippen LogP contribution in [0.2, 0.25) is 0 Å². The molecule has 2 aromatic heterocycles. The maximum Gasteiger partial charge on any atom is 0.352 e. The molecule has 0 atom stereocenters. The number of hydrogen-bond donors (Lipinski definition) is 2. The molecule has 0 aliphatic carbocycles. The number of nitrogens with zero attached hydrogens (tertiary/aromatic N) is 1. The fraction of sp³-hybridized carbons (Fsp3) is 0.0714. The normalized spacial score (nSPS) is 11.1. The van der Waals surface area contributed by atoms with Crippen LogP contribution in [0.15, 0.2) is 36.5 Å². The minimum absolute atomic E-state index is 0.167. The Morgan fingerprint density at radius 3 is 2.79 bits per heavy atom. The summed E-state index contributed by atoms with van der Waals surface area (Å²) in [5.41, 5.74) is 2.17. The van der Waals surface area contributed by atoms with Crippen LogP contribution in [0.4, 0.5) is 4.39 Å². The standard InChI is InChI=1S/C14H11FN2O2/c1-17-11(5-6-12(17)14(18)19)8-7-16-10-4-2-3-9(15)13(8)10/h2-7,16H,1H3,(H,18,19). The third kappa shape index (κ3) is 1.62. The van der Waals surface area contributed by atoms with Crippen LogP contribution in [0.3, 0.4) is 0 Å². The number of aromatic nitrogens is 2. The molecule has 0 saturated heterocycles. The lowest BCUT2D eigenvalue weighted by Gasteiger charge is -2.04. The van der Waals surface area contributed by atoms with Gasteiger partial charge in [-0.05, 0) is 24.3 Å². The van der Waals surface area contributed by atoms with Crippen molar-refractivity contribution in [3.8, 4) is 11.3 Å². The Labute approximate surface area is 108 Å². The van der Waals surface area contributed by atoms with Gasteiger partial charge in [-0.15, -0.1) is 0 Å². The number of halogens is 1. The van der Waals surface area contributed by atoms with Crippen molar-refractivity contribution in [1.82, 2.24) is 9.55 Å². The van der Waals surface area contributed by atoms with Crippen LogP contribution >= 0.6 is 0 Å². The van der Waals surface area contributed by atoms with Crippen LogP contribution in [0, 0.1) is 5.82 Å². The summed E-state index contributed by atoms with van der Waals surface area (Å²) in [5, 5.41) is 9.51. The molecule has 1 aromatic carbocycles. The van der Waals surface area contributed by atoms with Gasteiger partial charge in [0.1, 0.15) is 11.5 Å². The van der Waals surface area contributed by atoms with Gasteiger partial charge in [-0.3, -0.25) is 0 Å². The summed E-state index contributed by atoms with van der Waals surface area (Å²) < 4.78 is 15.5. The number of carboxylic acids is 1. The molecule has 96 valence electrons. The smallest absolute Gasteiger partial charge is 0.352 e. The lowest BCUT2D eigenvalue weighted by atomic mass is 10.1. The fourth-order valence-corrected chi connectivity index (χ4v) is 2.34. The molecule has 19 heavy (non-hydrogen) atoms. The van der Waals surface area contributed by atoms with E-state index in [1.807, 2.05) is 0 Å². The first-order valence-corrected chi connectivity index (χ1v) is 5.74. The third-order valence-electron chi connectivity index (χ3n) is 3.27. The van der Waals surface area contributed by atoms with E-state index in [2.05, 4.69) is 4.98 Å². The topological polar surface area (TPSA) is 58.0 Å². The molecule has 0 aliphatic heterocycles. The highest BCUT2D eigenvalue weighted by molar-refractivity contribution is 5.96. The molecular formula is C14H11FN2O2.